The molecule has 0 aliphatic carbocycles. The normalized spacial score (nSPS) is 8.77. The fourth-order valence-corrected chi connectivity index (χ4v) is 0.919. The van der Waals surface area contributed by atoms with Crippen molar-refractivity contribution in [2.24, 2.45) is 0 Å². The Hall–Kier alpha value is -0.206. The van der Waals surface area contributed by atoms with Crippen molar-refractivity contribution in [3.05, 3.63) is 42.3 Å². The molecule has 0 atom stereocenters. The fraction of sp³-hybridized carbons (Fsp3) is 0.200. The van der Waals surface area contributed by atoms with E-state index in [1.165, 1.54) is 7.11 Å². The molecule has 0 fully saturated rings. The zero-order valence-corrected chi connectivity index (χ0v) is 10.5. The third kappa shape index (κ3) is 3.57. The van der Waals surface area contributed by atoms with Crippen molar-refractivity contribution in [3.63, 3.8) is 0 Å². The van der Waals surface area contributed by atoms with Gasteiger partial charge in [0.1, 0.15) is 0 Å². The van der Waals surface area contributed by atoms with E-state index >= 15 is 0 Å². The maximum atomic E-state index is 7.39. The molecule has 0 spiro atoms. The molecule has 1 radical (unpaired) electrons. The molecule has 1 rings (SSSR count). The molecule has 0 aliphatic rings. The van der Waals surface area contributed by atoms with Gasteiger partial charge in [-0.05, 0) is 0 Å². The second-order valence-electron chi connectivity index (χ2n) is 2.39. The largest absolute Gasteiger partial charge is 0.482 e. The molecule has 0 bridgehead atoms. The van der Waals surface area contributed by atoms with Gasteiger partial charge in [-0.15, -0.1) is 0 Å². The fourth-order valence-electron chi connectivity index (χ4n) is 0.919. The molecule has 1 N–H and O–H groups in total. The Morgan fingerprint density at radius 1 is 1.69 bits per heavy atom. The maximum Gasteiger partial charge on any atom is 0.187 e. The van der Waals surface area contributed by atoms with Crippen LogP contribution >= 0.6 is 0 Å². The molecule has 67 valence electrons. The molecule has 1 aromatic carbocycles. The summed E-state index contributed by atoms with van der Waals surface area (Å²) in [6.07, 6.45) is 0.685. The van der Waals surface area contributed by atoms with Crippen LogP contribution in [-0.2, 0) is 43.9 Å². The molecular formula is C10H11NOY-2. The summed E-state index contributed by atoms with van der Waals surface area (Å²) in [6.45, 7) is 3.74. The summed E-state index contributed by atoms with van der Waals surface area (Å²) < 4.78 is 4.78. The van der Waals surface area contributed by atoms with Crippen LogP contribution in [0.25, 0.3) is 0 Å². The average molecular weight is 250 g/mol. The van der Waals surface area contributed by atoms with Crippen molar-refractivity contribution in [3.8, 4) is 0 Å². The van der Waals surface area contributed by atoms with Crippen LogP contribution in [0.15, 0.2) is 18.2 Å². The first-order valence-corrected chi connectivity index (χ1v) is 3.70. The average Bonchev–Trinajstić information content (AvgIpc) is 2.17. The van der Waals surface area contributed by atoms with Crippen LogP contribution in [0.3, 0.4) is 0 Å². The van der Waals surface area contributed by atoms with E-state index in [1.54, 1.807) is 12.1 Å². The van der Waals surface area contributed by atoms with E-state index in [-0.39, 0.29) is 38.6 Å². The summed E-state index contributed by atoms with van der Waals surface area (Å²) >= 11 is 0. The predicted molar refractivity (Wildman–Crippen MR) is 48.2 cm³/mol. The molecule has 2 nitrogen and oxygen atoms in total. The summed E-state index contributed by atoms with van der Waals surface area (Å²) in [5, 5.41) is 7.39. The van der Waals surface area contributed by atoms with Gasteiger partial charge in [0.2, 0.25) is 0 Å². The zero-order valence-electron chi connectivity index (χ0n) is 7.63. The van der Waals surface area contributed by atoms with Gasteiger partial charge in [-0.3, -0.25) is 5.41 Å². The van der Waals surface area contributed by atoms with E-state index in [0.29, 0.717) is 6.42 Å². The van der Waals surface area contributed by atoms with Gasteiger partial charge in [0, 0.05) is 32.7 Å². The van der Waals surface area contributed by atoms with Crippen LogP contribution in [0, 0.1) is 18.4 Å². The first kappa shape index (κ1) is 12.8. The minimum absolute atomic E-state index is 0. The second kappa shape index (κ2) is 6.28. The first-order valence-electron chi connectivity index (χ1n) is 3.70. The number of nitrogens with one attached hydrogen (secondary N) is 1. The Kier molecular flexibility index (Phi) is 6.18. The van der Waals surface area contributed by atoms with E-state index in [4.69, 9.17) is 10.1 Å². The van der Waals surface area contributed by atoms with Gasteiger partial charge in [-0.25, -0.2) is 0 Å². The SMILES string of the molecule is [CH2-]Cc1[c-]ccc(C(=N)OC)c1.[Y]. The van der Waals surface area contributed by atoms with E-state index in [2.05, 4.69) is 13.0 Å². The second-order valence-corrected chi connectivity index (χ2v) is 2.39. The smallest absolute Gasteiger partial charge is 0.187 e. The quantitative estimate of drug-likeness (QED) is 0.485. The maximum absolute atomic E-state index is 7.39. The summed E-state index contributed by atoms with van der Waals surface area (Å²) in [7, 11) is 1.49. The molecule has 3 heteroatoms. The predicted octanol–water partition coefficient (Wildman–Crippen LogP) is 1.83. The van der Waals surface area contributed by atoms with Gasteiger partial charge in [-0.2, -0.15) is 36.2 Å². The standard InChI is InChI=1S/C10H11NO.Y/c1-3-8-5-4-6-9(7-8)10(11)12-2;/h4,6-7,11H,1,3H2,2H3;/q-2;. The molecule has 0 saturated carbocycles. The minimum Gasteiger partial charge on any atom is -0.482 e. The Labute approximate surface area is 104 Å². The topological polar surface area (TPSA) is 33.1 Å². The summed E-state index contributed by atoms with van der Waals surface area (Å²) in [5.41, 5.74) is 1.77. The van der Waals surface area contributed by atoms with Crippen LogP contribution in [0.5, 0.6) is 0 Å². The molecule has 1 aromatic rings. The molecule has 0 aliphatic heterocycles. The number of ether oxygens (including phenoxy) is 1. The minimum atomic E-state index is 0. The number of hydrogen-bond donors (Lipinski definition) is 1. The molecule has 13 heavy (non-hydrogen) atoms. The number of benzene rings is 1. The van der Waals surface area contributed by atoms with Crippen LogP contribution in [-0.4, -0.2) is 13.0 Å². The Morgan fingerprint density at radius 3 is 2.92 bits per heavy atom. The zero-order chi connectivity index (χ0) is 8.97. The number of hydrogen-bond acceptors (Lipinski definition) is 2. The van der Waals surface area contributed by atoms with Crippen molar-refractivity contribution in [2.45, 2.75) is 6.42 Å². The summed E-state index contributed by atoms with van der Waals surface area (Å²) in [6, 6.07) is 8.46. The van der Waals surface area contributed by atoms with Crippen LogP contribution in [0.1, 0.15) is 11.1 Å². The molecule has 0 unspecified atom stereocenters. The number of rotatable bonds is 2. The van der Waals surface area contributed by atoms with E-state index in [9.17, 15) is 0 Å². The van der Waals surface area contributed by atoms with E-state index in [0.717, 1.165) is 11.1 Å². The van der Waals surface area contributed by atoms with Crippen molar-refractivity contribution < 1.29 is 37.4 Å². The van der Waals surface area contributed by atoms with Crippen molar-refractivity contribution in [1.82, 2.24) is 0 Å². The van der Waals surface area contributed by atoms with Gasteiger partial charge >= 0.3 is 0 Å². The Bertz CT molecular complexity index is 286. The molecular weight excluding hydrogens is 239 g/mol. The molecule has 0 heterocycles. The van der Waals surface area contributed by atoms with Crippen LogP contribution < -0.4 is 0 Å². The summed E-state index contributed by atoms with van der Waals surface area (Å²) in [5.74, 6) is 0.179. The summed E-state index contributed by atoms with van der Waals surface area (Å²) in [4.78, 5) is 0. The first-order chi connectivity index (χ1) is 5.77. The number of methoxy groups -OCH3 is 1. The Morgan fingerprint density at radius 2 is 2.38 bits per heavy atom. The molecule has 0 amide bonds. The van der Waals surface area contributed by atoms with Crippen molar-refractivity contribution >= 4 is 5.90 Å². The third-order valence-corrected chi connectivity index (χ3v) is 1.60. The van der Waals surface area contributed by atoms with Gasteiger partial charge < -0.3 is 11.7 Å². The van der Waals surface area contributed by atoms with Gasteiger partial charge in [0.05, 0.1) is 7.11 Å². The van der Waals surface area contributed by atoms with Crippen LogP contribution in [0.4, 0.5) is 0 Å². The van der Waals surface area contributed by atoms with Crippen molar-refractivity contribution in [1.29, 1.82) is 5.41 Å². The van der Waals surface area contributed by atoms with Gasteiger partial charge in [-0.1, -0.05) is 5.56 Å². The van der Waals surface area contributed by atoms with Gasteiger partial charge in [0.25, 0.3) is 0 Å². The monoisotopic (exact) mass is 250 g/mol. The van der Waals surface area contributed by atoms with E-state index < -0.39 is 0 Å². The van der Waals surface area contributed by atoms with Crippen molar-refractivity contribution in [2.75, 3.05) is 7.11 Å². The van der Waals surface area contributed by atoms with Crippen LogP contribution in [0.2, 0.25) is 0 Å². The van der Waals surface area contributed by atoms with E-state index in [1.807, 2.05) is 6.07 Å². The molecule has 0 aromatic heterocycles. The Balaban J connectivity index is 0.00000144. The van der Waals surface area contributed by atoms with Gasteiger partial charge in [0.15, 0.2) is 5.90 Å². The molecule has 0 saturated heterocycles. The third-order valence-electron chi connectivity index (χ3n) is 1.60.